The van der Waals surface area contributed by atoms with Crippen LogP contribution >= 0.6 is 11.6 Å². The molecule has 0 aliphatic heterocycles. The van der Waals surface area contributed by atoms with Crippen LogP contribution in [-0.4, -0.2) is 11.6 Å². The van der Waals surface area contributed by atoms with Crippen molar-refractivity contribution in [3.63, 3.8) is 0 Å². The lowest BCUT2D eigenvalue weighted by molar-refractivity contribution is 0.320. The maximum atomic E-state index is 5.81. The molecule has 0 saturated carbocycles. The minimum absolute atomic E-state index is 0.273. The summed E-state index contributed by atoms with van der Waals surface area (Å²) in [6, 6.07) is 10.6. The molecule has 0 amide bonds. The second-order valence-electron chi connectivity index (χ2n) is 3.51. The Morgan fingerprint density at radius 1 is 1.17 bits per heavy atom. The molecule has 1 aromatic heterocycles. The molecule has 1 aromatic carbocycles. The SMILES string of the molecule is CCOc1ccccc1Oc1nc(Cl)ccc1N. The van der Waals surface area contributed by atoms with Gasteiger partial charge in [-0.1, -0.05) is 23.7 Å². The van der Waals surface area contributed by atoms with Crippen LogP contribution in [0, 0.1) is 0 Å². The molecule has 2 rings (SSSR count). The highest BCUT2D eigenvalue weighted by molar-refractivity contribution is 6.29. The van der Waals surface area contributed by atoms with Gasteiger partial charge in [0.05, 0.1) is 12.3 Å². The minimum Gasteiger partial charge on any atom is -0.490 e. The van der Waals surface area contributed by atoms with E-state index in [0.29, 0.717) is 28.9 Å². The first-order valence-corrected chi connectivity index (χ1v) is 5.90. The lowest BCUT2D eigenvalue weighted by Gasteiger charge is -2.11. The Morgan fingerprint density at radius 3 is 2.61 bits per heavy atom. The monoisotopic (exact) mass is 264 g/mol. The molecule has 0 radical (unpaired) electrons. The summed E-state index contributed by atoms with van der Waals surface area (Å²) in [6.45, 7) is 2.46. The number of pyridine rings is 1. The average Bonchev–Trinajstić information content (AvgIpc) is 2.36. The largest absolute Gasteiger partial charge is 0.490 e. The van der Waals surface area contributed by atoms with E-state index in [9.17, 15) is 0 Å². The second-order valence-corrected chi connectivity index (χ2v) is 3.90. The zero-order chi connectivity index (χ0) is 13.0. The predicted octanol–water partition coefficient (Wildman–Crippen LogP) is 3.51. The highest BCUT2D eigenvalue weighted by atomic mass is 35.5. The number of aromatic nitrogens is 1. The van der Waals surface area contributed by atoms with Crippen molar-refractivity contribution in [2.75, 3.05) is 12.3 Å². The van der Waals surface area contributed by atoms with Crippen molar-refractivity contribution in [2.45, 2.75) is 6.92 Å². The van der Waals surface area contributed by atoms with Gasteiger partial charge in [0, 0.05) is 0 Å². The molecule has 2 aromatic rings. The number of benzene rings is 1. The van der Waals surface area contributed by atoms with Gasteiger partial charge in [-0.05, 0) is 31.2 Å². The smallest absolute Gasteiger partial charge is 0.244 e. The number of hydrogen-bond donors (Lipinski definition) is 1. The molecule has 0 fully saturated rings. The van der Waals surface area contributed by atoms with Crippen molar-refractivity contribution >= 4 is 17.3 Å². The molecule has 0 unspecified atom stereocenters. The van der Waals surface area contributed by atoms with Gasteiger partial charge in [0.2, 0.25) is 5.88 Å². The third-order valence-corrected chi connectivity index (χ3v) is 2.42. The van der Waals surface area contributed by atoms with Gasteiger partial charge >= 0.3 is 0 Å². The highest BCUT2D eigenvalue weighted by Gasteiger charge is 2.09. The lowest BCUT2D eigenvalue weighted by Crippen LogP contribution is -1.98. The summed E-state index contributed by atoms with van der Waals surface area (Å²) in [6.07, 6.45) is 0. The number of anilines is 1. The Morgan fingerprint density at radius 2 is 1.89 bits per heavy atom. The molecule has 0 atom stereocenters. The summed E-state index contributed by atoms with van der Waals surface area (Å²) in [5, 5.41) is 0.327. The Labute approximate surface area is 110 Å². The van der Waals surface area contributed by atoms with Gasteiger partial charge in [-0.15, -0.1) is 0 Å². The Bertz CT molecular complexity index is 546. The maximum absolute atomic E-state index is 5.81. The fourth-order valence-electron chi connectivity index (χ4n) is 1.42. The molecular formula is C13H13ClN2O2. The van der Waals surface area contributed by atoms with Crippen LogP contribution in [0.2, 0.25) is 5.15 Å². The summed E-state index contributed by atoms with van der Waals surface area (Å²) < 4.78 is 11.1. The van der Waals surface area contributed by atoms with E-state index in [1.807, 2.05) is 25.1 Å². The van der Waals surface area contributed by atoms with Crippen LogP contribution < -0.4 is 15.2 Å². The minimum atomic E-state index is 0.273. The molecule has 0 aliphatic carbocycles. The van der Waals surface area contributed by atoms with E-state index in [1.165, 1.54) is 0 Å². The van der Waals surface area contributed by atoms with Gasteiger partial charge in [0.1, 0.15) is 5.15 Å². The standard InChI is InChI=1S/C13H13ClN2O2/c1-2-17-10-5-3-4-6-11(10)18-13-9(15)7-8-12(14)16-13/h3-8H,2,15H2,1H3. The number of nitrogens with two attached hydrogens (primary N) is 1. The molecule has 94 valence electrons. The number of rotatable bonds is 4. The Hall–Kier alpha value is -1.94. The quantitative estimate of drug-likeness (QED) is 0.859. The summed E-state index contributed by atoms with van der Waals surface area (Å²) in [7, 11) is 0. The molecule has 18 heavy (non-hydrogen) atoms. The van der Waals surface area contributed by atoms with Crippen LogP contribution in [0.5, 0.6) is 17.4 Å². The van der Waals surface area contributed by atoms with E-state index in [0.717, 1.165) is 0 Å². The zero-order valence-corrected chi connectivity index (χ0v) is 10.6. The van der Waals surface area contributed by atoms with Crippen molar-refractivity contribution in [1.82, 2.24) is 4.98 Å². The average molecular weight is 265 g/mol. The molecular weight excluding hydrogens is 252 g/mol. The van der Waals surface area contributed by atoms with Gasteiger partial charge in [0.25, 0.3) is 0 Å². The van der Waals surface area contributed by atoms with E-state index in [2.05, 4.69) is 4.98 Å². The van der Waals surface area contributed by atoms with Gasteiger partial charge in [-0.2, -0.15) is 4.98 Å². The number of ether oxygens (including phenoxy) is 2. The molecule has 2 N–H and O–H groups in total. The normalized spacial score (nSPS) is 10.1. The van der Waals surface area contributed by atoms with Crippen LogP contribution in [0.4, 0.5) is 5.69 Å². The van der Waals surface area contributed by atoms with Crippen molar-refractivity contribution in [3.05, 3.63) is 41.6 Å². The van der Waals surface area contributed by atoms with Gasteiger partial charge in [-0.25, -0.2) is 0 Å². The fourth-order valence-corrected chi connectivity index (χ4v) is 1.56. The summed E-state index contributed by atoms with van der Waals surface area (Å²) >= 11 is 5.81. The highest BCUT2D eigenvalue weighted by Crippen LogP contribution is 2.33. The van der Waals surface area contributed by atoms with Crippen molar-refractivity contribution in [3.8, 4) is 17.4 Å². The number of halogens is 1. The van der Waals surface area contributed by atoms with Gasteiger partial charge in [0.15, 0.2) is 11.5 Å². The van der Waals surface area contributed by atoms with Gasteiger partial charge in [-0.3, -0.25) is 0 Å². The molecule has 4 nitrogen and oxygen atoms in total. The van der Waals surface area contributed by atoms with Gasteiger partial charge < -0.3 is 15.2 Å². The summed E-state index contributed by atoms with van der Waals surface area (Å²) in [4.78, 5) is 4.03. The van der Waals surface area contributed by atoms with E-state index >= 15 is 0 Å². The first kappa shape index (κ1) is 12.5. The zero-order valence-electron chi connectivity index (χ0n) is 9.89. The maximum Gasteiger partial charge on any atom is 0.244 e. The Balaban J connectivity index is 2.30. The van der Waals surface area contributed by atoms with E-state index in [4.69, 9.17) is 26.8 Å². The molecule has 0 aliphatic rings. The fraction of sp³-hybridized carbons (Fsp3) is 0.154. The van der Waals surface area contributed by atoms with Crippen LogP contribution in [0.15, 0.2) is 36.4 Å². The lowest BCUT2D eigenvalue weighted by atomic mass is 10.3. The summed E-state index contributed by atoms with van der Waals surface area (Å²) in [5.41, 5.74) is 6.20. The van der Waals surface area contributed by atoms with Crippen LogP contribution in [-0.2, 0) is 0 Å². The first-order chi connectivity index (χ1) is 8.70. The molecule has 1 heterocycles. The number of nitrogen functional groups attached to an aromatic ring is 1. The first-order valence-electron chi connectivity index (χ1n) is 5.52. The summed E-state index contributed by atoms with van der Waals surface area (Å²) in [5.74, 6) is 1.47. The van der Waals surface area contributed by atoms with Crippen LogP contribution in [0.3, 0.4) is 0 Å². The Kier molecular flexibility index (Phi) is 3.89. The van der Waals surface area contributed by atoms with Crippen molar-refractivity contribution in [2.24, 2.45) is 0 Å². The van der Waals surface area contributed by atoms with E-state index < -0.39 is 0 Å². The topological polar surface area (TPSA) is 57.4 Å². The van der Waals surface area contributed by atoms with E-state index in [1.54, 1.807) is 18.2 Å². The number of para-hydroxylation sites is 2. The molecule has 0 spiro atoms. The number of hydrogen-bond acceptors (Lipinski definition) is 4. The predicted molar refractivity (Wildman–Crippen MR) is 71.3 cm³/mol. The molecule has 0 bridgehead atoms. The van der Waals surface area contributed by atoms with E-state index in [-0.39, 0.29) is 5.88 Å². The van der Waals surface area contributed by atoms with Crippen molar-refractivity contribution < 1.29 is 9.47 Å². The second kappa shape index (κ2) is 5.60. The number of nitrogens with zero attached hydrogens (tertiary/aromatic N) is 1. The molecule has 0 saturated heterocycles. The molecule has 5 heteroatoms. The third kappa shape index (κ3) is 2.84. The van der Waals surface area contributed by atoms with Crippen molar-refractivity contribution in [1.29, 1.82) is 0 Å². The van der Waals surface area contributed by atoms with Crippen LogP contribution in [0.25, 0.3) is 0 Å². The van der Waals surface area contributed by atoms with Crippen LogP contribution in [0.1, 0.15) is 6.92 Å². The third-order valence-electron chi connectivity index (χ3n) is 2.21.